The molecule has 6 nitrogen and oxygen atoms in total. The number of benzene rings is 1. The summed E-state index contributed by atoms with van der Waals surface area (Å²) < 4.78 is 4.90. The van der Waals surface area contributed by atoms with Gasteiger partial charge < -0.3 is 15.4 Å². The number of rotatable bonds is 6. The highest BCUT2D eigenvalue weighted by atomic mass is 16.5. The average molecular weight is 318 g/mol. The fourth-order valence-corrected chi connectivity index (χ4v) is 1.89. The summed E-state index contributed by atoms with van der Waals surface area (Å²) >= 11 is 0. The summed E-state index contributed by atoms with van der Waals surface area (Å²) in [5.41, 5.74) is -0.228. The van der Waals surface area contributed by atoms with Gasteiger partial charge in [0.1, 0.15) is 5.41 Å². The van der Waals surface area contributed by atoms with Gasteiger partial charge in [0.15, 0.2) is 0 Å². The zero-order valence-corrected chi connectivity index (χ0v) is 13.6. The lowest BCUT2D eigenvalue weighted by Gasteiger charge is -2.22. The van der Waals surface area contributed by atoms with Crippen LogP contribution in [0.5, 0.6) is 0 Å². The lowest BCUT2D eigenvalue weighted by Crippen LogP contribution is -2.45. The third-order valence-corrected chi connectivity index (χ3v) is 3.70. The maximum Gasteiger partial charge on any atom is 0.338 e. The fourth-order valence-electron chi connectivity index (χ4n) is 1.89. The third-order valence-electron chi connectivity index (χ3n) is 3.70. The van der Waals surface area contributed by atoms with E-state index in [1.165, 1.54) is 0 Å². The van der Waals surface area contributed by atoms with Crippen molar-refractivity contribution in [2.45, 2.75) is 39.7 Å². The summed E-state index contributed by atoms with van der Waals surface area (Å²) in [7, 11) is 0. The Hall–Kier alpha value is -2.37. The van der Waals surface area contributed by atoms with Gasteiger partial charge in [-0.15, -0.1) is 0 Å². The van der Waals surface area contributed by atoms with Crippen LogP contribution in [0.2, 0.25) is 0 Å². The van der Waals surface area contributed by atoms with Crippen molar-refractivity contribution in [2.75, 3.05) is 11.9 Å². The zero-order valence-electron chi connectivity index (χ0n) is 13.6. The molecular formula is C17H22N2O4. The van der Waals surface area contributed by atoms with E-state index >= 15 is 0 Å². The van der Waals surface area contributed by atoms with Gasteiger partial charge in [-0.05, 0) is 57.9 Å². The molecule has 0 heterocycles. The molecule has 1 fully saturated rings. The predicted molar refractivity (Wildman–Crippen MR) is 86.0 cm³/mol. The molecule has 1 saturated carbocycles. The van der Waals surface area contributed by atoms with E-state index in [1.54, 1.807) is 45.0 Å². The number of anilines is 1. The van der Waals surface area contributed by atoms with Gasteiger partial charge in [-0.1, -0.05) is 0 Å². The first-order chi connectivity index (χ1) is 10.8. The third kappa shape index (κ3) is 4.31. The topological polar surface area (TPSA) is 84.5 Å². The van der Waals surface area contributed by atoms with Gasteiger partial charge >= 0.3 is 5.97 Å². The standard InChI is InChI=1S/C17H22N2O4/c1-4-23-14(20)11-5-7-12(8-6-11)18-15(21)17(2,3)16(22)19-13-9-10-13/h5-8,13H,4,9-10H2,1-3H3,(H,18,21)(H,19,22). The molecule has 2 amide bonds. The van der Waals surface area contributed by atoms with Gasteiger partial charge in [0.05, 0.1) is 12.2 Å². The van der Waals surface area contributed by atoms with Crippen LogP contribution >= 0.6 is 0 Å². The molecule has 1 aliphatic carbocycles. The van der Waals surface area contributed by atoms with E-state index in [0.717, 1.165) is 12.8 Å². The van der Waals surface area contributed by atoms with Crippen LogP contribution in [-0.2, 0) is 14.3 Å². The molecular weight excluding hydrogens is 296 g/mol. The second kappa shape index (κ2) is 6.81. The number of carbonyl (C=O) groups is 3. The Kier molecular flexibility index (Phi) is 5.03. The Morgan fingerprint density at radius 3 is 2.26 bits per heavy atom. The fraction of sp³-hybridized carbons (Fsp3) is 0.471. The van der Waals surface area contributed by atoms with Crippen molar-refractivity contribution in [1.29, 1.82) is 0 Å². The first-order valence-electron chi connectivity index (χ1n) is 7.74. The minimum atomic E-state index is -1.16. The molecule has 1 aromatic rings. The summed E-state index contributed by atoms with van der Waals surface area (Å²) in [5, 5.41) is 5.54. The average Bonchev–Trinajstić information content (AvgIpc) is 3.32. The van der Waals surface area contributed by atoms with Crippen molar-refractivity contribution in [2.24, 2.45) is 5.41 Å². The van der Waals surface area contributed by atoms with Crippen LogP contribution in [0.15, 0.2) is 24.3 Å². The summed E-state index contributed by atoms with van der Waals surface area (Å²) in [6, 6.07) is 6.58. The van der Waals surface area contributed by atoms with Crippen molar-refractivity contribution < 1.29 is 19.1 Å². The van der Waals surface area contributed by atoms with Crippen molar-refractivity contribution in [3.63, 3.8) is 0 Å². The van der Waals surface area contributed by atoms with E-state index in [2.05, 4.69) is 10.6 Å². The van der Waals surface area contributed by atoms with E-state index in [9.17, 15) is 14.4 Å². The molecule has 6 heteroatoms. The monoisotopic (exact) mass is 318 g/mol. The summed E-state index contributed by atoms with van der Waals surface area (Å²) in [4.78, 5) is 36.0. The highest BCUT2D eigenvalue weighted by molar-refractivity contribution is 6.10. The first kappa shape index (κ1) is 17.0. The quantitative estimate of drug-likeness (QED) is 0.621. The van der Waals surface area contributed by atoms with Crippen LogP contribution in [0.1, 0.15) is 44.0 Å². The molecule has 0 atom stereocenters. The molecule has 1 aromatic carbocycles. The molecule has 0 unspecified atom stereocenters. The van der Waals surface area contributed by atoms with Crippen LogP contribution in [0.4, 0.5) is 5.69 Å². The second-order valence-electron chi connectivity index (χ2n) is 6.12. The zero-order chi connectivity index (χ0) is 17.0. The van der Waals surface area contributed by atoms with E-state index < -0.39 is 11.4 Å². The van der Waals surface area contributed by atoms with Gasteiger partial charge in [0, 0.05) is 11.7 Å². The van der Waals surface area contributed by atoms with E-state index in [4.69, 9.17) is 4.74 Å². The van der Waals surface area contributed by atoms with Crippen LogP contribution in [0, 0.1) is 5.41 Å². The maximum atomic E-state index is 12.3. The SMILES string of the molecule is CCOC(=O)c1ccc(NC(=O)C(C)(C)C(=O)NC2CC2)cc1. The largest absolute Gasteiger partial charge is 0.462 e. The molecule has 2 N–H and O–H groups in total. The minimum absolute atomic E-state index is 0.207. The molecule has 0 saturated heterocycles. The van der Waals surface area contributed by atoms with Gasteiger partial charge in [-0.2, -0.15) is 0 Å². The van der Waals surface area contributed by atoms with Gasteiger partial charge in [-0.3, -0.25) is 9.59 Å². The van der Waals surface area contributed by atoms with Gasteiger partial charge in [0.25, 0.3) is 0 Å². The Balaban J connectivity index is 1.98. The number of nitrogens with one attached hydrogen (secondary N) is 2. The number of hydrogen-bond acceptors (Lipinski definition) is 4. The molecule has 0 aromatic heterocycles. The smallest absolute Gasteiger partial charge is 0.338 e. The van der Waals surface area contributed by atoms with E-state index in [-0.39, 0.29) is 17.9 Å². The number of ether oxygens (including phenoxy) is 1. The lowest BCUT2D eigenvalue weighted by atomic mass is 9.91. The van der Waals surface area contributed by atoms with Crippen molar-refractivity contribution in [3.8, 4) is 0 Å². The number of carbonyl (C=O) groups excluding carboxylic acids is 3. The summed E-state index contributed by atoms with van der Waals surface area (Å²) in [6.07, 6.45) is 1.94. The summed E-state index contributed by atoms with van der Waals surface area (Å²) in [5.74, 6) is -1.07. The molecule has 1 aliphatic rings. The normalized spacial score (nSPS) is 14.0. The van der Waals surface area contributed by atoms with Crippen LogP contribution < -0.4 is 10.6 Å². The Bertz CT molecular complexity index is 604. The highest BCUT2D eigenvalue weighted by Gasteiger charge is 2.38. The lowest BCUT2D eigenvalue weighted by molar-refractivity contribution is -0.138. The van der Waals surface area contributed by atoms with Crippen LogP contribution in [0.25, 0.3) is 0 Å². The molecule has 2 rings (SSSR count). The van der Waals surface area contributed by atoms with Crippen molar-refractivity contribution in [1.82, 2.24) is 5.32 Å². The molecule has 0 bridgehead atoms. The minimum Gasteiger partial charge on any atom is -0.462 e. The molecule has 124 valence electrons. The Labute approximate surface area is 135 Å². The van der Waals surface area contributed by atoms with Crippen LogP contribution in [-0.4, -0.2) is 30.4 Å². The second-order valence-corrected chi connectivity index (χ2v) is 6.12. The highest BCUT2D eigenvalue weighted by Crippen LogP contribution is 2.24. The first-order valence-corrected chi connectivity index (χ1v) is 7.74. The summed E-state index contributed by atoms with van der Waals surface area (Å²) in [6.45, 7) is 5.23. The molecule has 0 spiro atoms. The maximum absolute atomic E-state index is 12.3. The Morgan fingerprint density at radius 2 is 1.74 bits per heavy atom. The Morgan fingerprint density at radius 1 is 1.13 bits per heavy atom. The van der Waals surface area contributed by atoms with Gasteiger partial charge in [-0.25, -0.2) is 4.79 Å². The molecule has 0 aliphatic heterocycles. The van der Waals surface area contributed by atoms with Crippen LogP contribution in [0.3, 0.4) is 0 Å². The predicted octanol–water partition coefficient (Wildman–Crippen LogP) is 2.11. The molecule has 0 radical (unpaired) electrons. The van der Waals surface area contributed by atoms with Gasteiger partial charge in [0.2, 0.25) is 11.8 Å². The van der Waals surface area contributed by atoms with E-state index in [1.807, 2.05) is 0 Å². The van der Waals surface area contributed by atoms with Crippen molar-refractivity contribution >= 4 is 23.5 Å². The number of amides is 2. The molecule has 23 heavy (non-hydrogen) atoms. The number of esters is 1. The van der Waals surface area contributed by atoms with Crippen molar-refractivity contribution in [3.05, 3.63) is 29.8 Å². The number of hydrogen-bond donors (Lipinski definition) is 2. The van der Waals surface area contributed by atoms with E-state index in [0.29, 0.717) is 17.9 Å².